The molecule has 2 rings (SSSR count). The van der Waals surface area contributed by atoms with Crippen LogP contribution in [0.1, 0.15) is 26.3 Å². The van der Waals surface area contributed by atoms with E-state index in [9.17, 15) is 9.59 Å². The third kappa shape index (κ3) is 6.53. The average Bonchev–Trinajstić information content (AvgIpc) is 2.60. The Balaban J connectivity index is 1.79. The highest BCUT2D eigenvalue weighted by Gasteiger charge is 2.14. The number of nitrogens with zero attached hydrogens (tertiary/aromatic N) is 3. The SMILES string of the molecule is CN(CC(=O)OCC(=O)Nc1ccc(C(C)(C)C)cc1)c1ccc(Cl)nn1. The van der Waals surface area contributed by atoms with Crippen LogP contribution < -0.4 is 10.2 Å². The topological polar surface area (TPSA) is 84.4 Å². The largest absolute Gasteiger partial charge is 0.454 e. The number of aromatic nitrogens is 2. The molecule has 0 aliphatic carbocycles. The van der Waals surface area contributed by atoms with Crippen LogP contribution in [0.25, 0.3) is 0 Å². The van der Waals surface area contributed by atoms with Crippen molar-refractivity contribution in [2.45, 2.75) is 26.2 Å². The molecule has 0 unspecified atom stereocenters. The van der Waals surface area contributed by atoms with E-state index in [1.807, 2.05) is 24.3 Å². The molecular weight excluding hydrogens is 368 g/mol. The van der Waals surface area contributed by atoms with Gasteiger partial charge in [-0.2, -0.15) is 0 Å². The summed E-state index contributed by atoms with van der Waals surface area (Å²) in [5.74, 6) is -0.479. The Kier molecular flexibility index (Phi) is 6.74. The van der Waals surface area contributed by atoms with Gasteiger partial charge in [0, 0.05) is 12.7 Å². The summed E-state index contributed by atoms with van der Waals surface area (Å²) < 4.78 is 5.00. The minimum atomic E-state index is -0.549. The molecule has 0 radical (unpaired) electrons. The van der Waals surface area contributed by atoms with E-state index >= 15 is 0 Å². The van der Waals surface area contributed by atoms with E-state index in [0.29, 0.717) is 11.5 Å². The number of likely N-dealkylation sites (N-methyl/N-ethyl adjacent to an activating group) is 1. The van der Waals surface area contributed by atoms with Crippen LogP contribution in [0.4, 0.5) is 11.5 Å². The van der Waals surface area contributed by atoms with Gasteiger partial charge < -0.3 is 15.0 Å². The number of nitrogens with one attached hydrogen (secondary N) is 1. The zero-order valence-electron chi connectivity index (χ0n) is 15.8. The van der Waals surface area contributed by atoms with E-state index in [-0.39, 0.29) is 23.7 Å². The first kappa shape index (κ1) is 20.6. The van der Waals surface area contributed by atoms with Gasteiger partial charge in [0.25, 0.3) is 5.91 Å². The normalized spacial score (nSPS) is 11.0. The van der Waals surface area contributed by atoms with Crippen molar-refractivity contribution < 1.29 is 14.3 Å². The monoisotopic (exact) mass is 390 g/mol. The summed E-state index contributed by atoms with van der Waals surface area (Å²) >= 11 is 5.68. The Bertz CT molecular complexity index is 786. The number of rotatable bonds is 6. The van der Waals surface area contributed by atoms with Crippen LogP contribution in [0, 0.1) is 0 Å². The maximum Gasteiger partial charge on any atom is 0.326 e. The van der Waals surface area contributed by atoms with Crippen molar-refractivity contribution in [1.82, 2.24) is 10.2 Å². The third-order valence-corrected chi connectivity index (χ3v) is 3.98. The molecule has 1 aromatic heterocycles. The van der Waals surface area contributed by atoms with Crippen molar-refractivity contribution in [3.05, 3.63) is 47.1 Å². The highest BCUT2D eigenvalue weighted by atomic mass is 35.5. The number of esters is 1. The molecule has 1 aromatic carbocycles. The third-order valence-electron chi connectivity index (χ3n) is 3.77. The van der Waals surface area contributed by atoms with Crippen molar-refractivity contribution in [2.75, 3.05) is 30.4 Å². The summed E-state index contributed by atoms with van der Waals surface area (Å²) in [5.41, 5.74) is 1.86. The number of hydrogen-bond donors (Lipinski definition) is 1. The molecule has 0 spiro atoms. The molecular formula is C19H23ClN4O3. The van der Waals surface area contributed by atoms with Gasteiger partial charge in [0.2, 0.25) is 0 Å². The van der Waals surface area contributed by atoms with Crippen molar-refractivity contribution >= 4 is 35.0 Å². The van der Waals surface area contributed by atoms with Gasteiger partial charge in [-0.15, -0.1) is 10.2 Å². The molecule has 0 saturated carbocycles. The molecule has 0 bridgehead atoms. The Morgan fingerprint density at radius 3 is 2.33 bits per heavy atom. The second kappa shape index (κ2) is 8.81. The molecule has 2 aromatic rings. The van der Waals surface area contributed by atoms with Crippen LogP contribution in [0.5, 0.6) is 0 Å². The summed E-state index contributed by atoms with van der Waals surface area (Å²) in [5, 5.41) is 10.5. The fraction of sp³-hybridized carbons (Fsp3) is 0.368. The van der Waals surface area contributed by atoms with Gasteiger partial charge in [0.15, 0.2) is 17.6 Å². The van der Waals surface area contributed by atoms with Gasteiger partial charge in [-0.05, 0) is 35.2 Å². The molecule has 7 nitrogen and oxygen atoms in total. The molecule has 1 amide bonds. The Labute approximate surface area is 163 Å². The Hall–Kier alpha value is -2.67. The summed E-state index contributed by atoms with van der Waals surface area (Å²) in [7, 11) is 1.66. The maximum absolute atomic E-state index is 12.0. The highest BCUT2D eigenvalue weighted by Crippen LogP contribution is 2.23. The average molecular weight is 391 g/mol. The highest BCUT2D eigenvalue weighted by molar-refractivity contribution is 6.29. The number of ether oxygens (including phenoxy) is 1. The fourth-order valence-corrected chi connectivity index (χ4v) is 2.33. The zero-order valence-corrected chi connectivity index (χ0v) is 16.6. The smallest absolute Gasteiger partial charge is 0.326 e. The molecule has 0 saturated heterocycles. The number of amides is 1. The number of anilines is 2. The maximum atomic E-state index is 12.0. The predicted octanol–water partition coefficient (Wildman–Crippen LogP) is 3.05. The van der Waals surface area contributed by atoms with Crippen molar-refractivity contribution in [2.24, 2.45) is 0 Å². The van der Waals surface area contributed by atoms with Gasteiger partial charge in [-0.25, -0.2) is 0 Å². The van der Waals surface area contributed by atoms with Gasteiger partial charge in [-0.3, -0.25) is 9.59 Å². The van der Waals surface area contributed by atoms with Crippen LogP contribution in [0.2, 0.25) is 5.15 Å². The molecule has 0 fully saturated rings. The van der Waals surface area contributed by atoms with E-state index in [1.165, 1.54) is 5.56 Å². The van der Waals surface area contributed by atoms with Crippen molar-refractivity contribution in [3.63, 3.8) is 0 Å². The molecule has 27 heavy (non-hydrogen) atoms. The van der Waals surface area contributed by atoms with E-state index in [4.69, 9.17) is 16.3 Å². The number of carbonyl (C=O) groups is 2. The van der Waals surface area contributed by atoms with E-state index in [0.717, 1.165) is 0 Å². The van der Waals surface area contributed by atoms with Gasteiger partial charge >= 0.3 is 5.97 Å². The molecule has 1 N–H and O–H groups in total. The van der Waals surface area contributed by atoms with Gasteiger partial charge in [0.1, 0.15) is 6.54 Å². The zero-order chi connectivity index (χ0) is 20.0. The Morgan fingerprint density at radius 1 is 1.11 bits per heavy atom. The van der Waals surface area contributed by atoms with E-state index < -0.39 is 11.9 Å². The van der Waals surface area contributed by atoms with Crippen LogP contribution in [-0.4, -0.2) is 42.3 Å². The van der Waals surface area contributed by atoms with E-state index in [2.05, 4.69) is 36.3 Å². The first-order chi connectivity index (χ1) is 12.6. The predicted molar refractivity (Wildman–Crippen MR) is 105 cm³/mol. The summed E-state index contributed by atoms with van der Waals surface area (Å²) in [4.78, 5) is 25.4. The minimum absolute atomic E-state index is 0.0402. The first-order valence-electron chi connectivity index (χ1n) is 8.41. The lowest BCUT2D eigenvalue weighted by atomic mass is 9.87. The number of hydrogen-bond acceptors (Lipinski definition) is 6. The van der Waals surface area contributed by atoms with Crippen LogP contribution in [-0.2, 0) is 19.7 Å². The lowest BCUT2D eigenvalue weighted by molar-refractivity contribution is -0.145. The quantitative estimate of drug-likeness (QED) is 0.763. The van der Waals surface area contributed by atoms with Crippen LogP contribution >= 0.6 is 11.6 Å². The lowest BCUT2D eigenvalue weighted by Crippen LogP contribution is -2.30. The second-order valence-electron chi connectivity index (χ2n) is 7.11. The molecule has 144 valence electrons. The number of benzene rings is 1. The van der Waals surface area contributed by atoms with E-state index in [1.54, 1.807) is 24.1 Å². The minimum Gasteiger partial charge on any atom is -0.454 e. The summed E-state index contributed by atoms with van der Waals surface area (Å²) in [6.07, 6.45) is 0. The van der Waals surface area contributed by atoms with Gasteiger partial charge in [0.05, 0.1) is 0 Å². The van der Waals surface area contributed by atoms with Crippen molar-refractivity contribution in [3.8, 4) is 0 Å². The first-order valence-corrected chi connectivity index (χ1v) is 8.79. The molecule has 0 atom stereocenters. The molecule has 0 aliphatic heterocycles. The van der Waals surface area contributed by atoms with Gasteiger partial charge in [-0.1, -0.05) is 44.5 Å². The number of carbonyl (C=O) groups excluding carboxylic acids is 2. The number of halogens is 1. The van der Waals surface area contributed by atoms with Crippen LogP contribution in [0.15, 0.2) is 36.4 Å². The standard InChI is InChI=1S/C19H23ClN4O3/c1-19(2,3)13-5-7-14(8-6-13)21-17(25)12-27-18(26)11-24(4)16-10-9-15(20)22-23-16/h5-10H,11-12H2,1-4H3,(H,21,25). The summed E-state index contributed by atoms with van der Waals surface area (Å²) in [6, 6.07) is 10.8. The summed E-state index contributed by atoms with van der Waals surface area (Å²) in [6.45, 7) is 5.93. The fourth-order valence-electron chi connectivity index (χ4n) is 2.23. The molecule has 0 aliphatic rings. The van der Waals surface area contributed by atoms with Crippen molar-refractivity contribution in [1.29, 1.82) is 0 Å². The van der Waals surface area contributed by atoms with Crippen LogP contribution in [0.3, 0.4) is 0 Å². The Morgan fingerprint density at radius 2 is 1.78 bits per heavy atom. The molecule has 1 heterocycles. The molecule has 8 heteroatoms. The lowest BCUT2D eigenvalue weighted by Gasteiger charge is -2.19. The second-order valence-corrected chi connectivity index (χ2v) is 7.49.